The van der Waals surface area contributed by atoms with Crippen molar-refractivity contribution in [2.24, 2.45) is 28.1 Å². The fourth-order valence-electron chi connectivity index (χ4n) is 2.53. The predicted octanol–water partition coefficient (Wildman–Crippen LogP) is -3.13. The first-order valence-electron chi connectivity index (χ1n) is 10.1. The molecule has 11 N–H and O–H groups in total. The average molecular weight is 478 g/mol. The number of guanidine groups is 1. The van der Waals surface area contributed by atoms with Crippen LogP contribution in [-0.4, -0.2) is 82.9 Å². The van der Waals surface area contributed by atoms with Crippen LogP contribution in [0.1, 0.15) is 33.1 Å². The number of carbonyl (C=O) groups excluding carboxylic acids is 3. The first kappa shape index (κ1) is 29.4. The molecule has 13 nitrogen and oxygen atoms in total. The number of rotatable bonds is 15. The molecule has 0 bridgehead atoms. The Labute approximate surface area is 192 Å². The molecule has 0 radical (unpaired) electrons. The maximum Gasteiger partial charge on any atom is 0.328 e. The number of carboxylic acids is 1. The summed E-state index contributed by atoms with van der Waals surface area (Å²) < 4.78 is 0. The van der Waals surface area contributed by atoms with Crippen LogP contribution in [0.3, 0.4) is 0 Å². The predicted molar refractivity (Wildman–Crippen MR) is 122 cm³/mol. The number of thiol groups is 1. The van der Waals surface area contributed by atoms with Crippen LogP contribution >= 0.6 is 12.6 Å². The molecule has 5 unspecified atom stereocenters. The minimum Gasteiger partial charge on any atom is -0.480 e. The second-order valence-corrected chi connectivity index (χ2v) is 7.62. The van der Waals surface area contributed by atoms with Gasteiger partial charge in [-0.2, -0.15) is 12.6 Å². The van der Waals surface area contributed by atoms with E-state index in [0.29, 0.717) is 19.4 Å². The van der Waals surface area contributed by atoms with Crippen molar-refractivity contribution < 1.29 is 29.4 Å². The lowest BCUT2D eigenvalue weighted by Crippen LogP contribution is -2.59. The third-order valence-corrected chi connectivity index (χ3v) is 5.08. The number of hydrogen-bond acceptors (Lipinski definition) is 8. The van der Waals surface area contributed by atoms with E-state index in [9.17, 15) is 19.2 Å². The largest absolute Gasteiger partial charge is 0.480 e. The van der Waals surface area contributed by atoms with E-state index in [2.05, 4.69) is 33.6 Å². The standard InChI is InChI=1S/C18H35N7O6S/c1-3-9(2)13(25-14(27)10(19)5-4-6-22-18(20)21)16(29)24-12(8-32)15(28)23-11(7-26)17(30)31/h9-13,26,32H,3-8,19H2,1-2H3,(H,23,28)(H,24,29)(H,25,27)(H,30,31)(H4,20,21,22). The second-order valence-electron chi connectivity index (χ2n) is 7.25. The molecular formula is C18H35N7O6S. The molecule has 0 aliphatic carbocycles. The molecular weight excluding hydrogens is 442 g/mol. The van der Waals surface area contributed by atoms with E-state index >= 15 is 0 Å². The van der Waals surface area contributed by atoms with E-state index in [1.165, 1.54) is 0 Å². The van der Waals surface area contributed by atoms with Gasteiger partial charge in [0.05, 0.1) is 12.6 Å². The zero-order chi connectivity index (χ0) is 24.8. The molecule has 0 heterocycles. The monoisotopic (exact) mass is 477 g/mol. The number of hydrogen-bond donors (Lipinski definition) is 9. The number of aliphatic hydroxyl groups is 1. The number of amides is 3. The Hall–Kier alpha value is -2.58. The summed E-state index contributed by atoms with van der Waals surface area (Å²) in [6, 6.07) is -4.59. The minimum absolute atomic E-state index is 0.0621. The van der Waals surface area contributed by atoms with Gasteiger partial charge in [0.2, 0.25) is 17.7 Å². The molecule has 0 aliphatic rings. The lowest BCUT2D eigenvalue weighted by Gasteiger charge is -2.27. The summed E-state index contributed by atoms with van der Waals surface area (Å²) in [7, 11) is 0. The number of nitrogens with two attached hydrogens (primary N) is 3. The van der Waals surface area contributed by atoms with Crippen molar-refractivity contribution in [1.82, 2.24) is 16.0 Å². The molecule has 0 spiro atoms. The van der Waals surface area contributed by atoms with Gasteiger partial charge in [0.1, 0.15) is 18.1 Å². The highest BCUT2D eigenvalue weighted by molar-refractivity contribution is 7.80. The van der Waals surface area contributed by atoms with Gasteiger partial charge in [-0.1, -0.05) is 20.3 Å². The minimum atomic E-state index is -1.52. The molecule has 0 rings (SSSR count). The fourth-order valence-corrected chi connectivity index (χ4v) is 2.78. The van der Waals surface area contributed by atoms with E-state index in [1.54, 1.807) is 6.92 Å². The third kappa shape index (κ3) is 10.6. The van der Waals surface area contributed by atoms with Gasteiger partial charge in [-0.25, -0.2) is 4.79 Å². The van der Waals surface area contributed by atoms with Crippen molar-refractivity contribution in [3.05, 3.63) is 0 Å². The number of carbonyl (C=O) groups is 4. The second kappa shape index (κ2) is 15.3. The summed E-state index contributed by atoms with van der Waals surface area (Å²) in [5.74, 6) is -3.95. The Morgan fingerprint density at radius 2 is 1.62 bits per heavy atom. The number of aliphatic imine (C=N–C) groups is 1. The Bertz CT molecular complexity index is 674. The molecule has 184 valence electrons. The zero-order valence-corrected chi connectivity index (χ0v) is 19.2. The van der Waals surface area contributed by atoms with Gasteiger partial charge in [-0.05, 0) is 18.8 Å². The average Bonchev–Trinajstić information content (AvgIpc) is 2.75. The van der Waals surface area contributed by atoms with Crippen molar-refractivity contribution in [2.45, 2.75) is 57.3 Å². The summed E-state index contributed by atoms with van der Waals surface area (Å²) in [4.78, 5) is 52.4. The lowest BCUT2D eigenvalue weighted by atomic mass is 9.97. The third-order valence-electron chi connectivity index (χ3n) is 4.71. The molecule has 0 aliphatic heterocycles. The van der Waals surface area contributed by atoms with Crippen LogP contribution in [-0.2, 0) is 19.2 Å². The highest BCUT2D eigenvalue weighted by atomic mass is 32.1. The van der Waals surface area contributed by atoms with Gasteiger partial charge in [-0.3, -0.25) is 19.4 Å². The van der Waals surface area contributed by atoms with Gasteiger partial charge in [0, 0.05) is 12.3 Å². The van der Waals surface area contributed by atoms with Crippen LogP contribution in [0, 0.1) is 5.92 Å². The molecule has 0 aromatic rings. The number of nitrogens with zero attached hydrogens (tertiary/aromatic N) is 1. The van der Waals surface area contributed by atoms with Crippen molar-refractivity contribution >= 4 is 42.3 Å². The summed E-state index contributed by atoms with van der Waals surface area (Å²) >= 11 is 4.02. The van der Waals surface area contributed by atoms with Gasteiger partial charge >= 0.3 is 5.97 Å². The van der Waals surface area contributed by atoms with Crippen molar-refractivity contribution in [3.8, 4) is 0 Å². The number of nitrogens with one attached hydrogen (secondary N) is 3. The number of carboxylic acid groups (broad SMARTS) is 1. The first-order valence-corrected chi connectivity index (χ1v) is 10.8. The summed E-state index contributed by atoms with van der Waals surface area (Å²) in [6.07, 6.45) is 1.29. The summed E-state index contributed by atoms with van der Waals surface area (Å²) in [6.45, 7) is 3.06. The lowest BCUT2D eigenvalue weighted by molar-refractivity contribution is -0.143. The Kier molecular flexibility index (Phi) is 14.0. The van der Waals surface area contributed by atoms with E-state index < -0.39 is 54.5 Å². The molecule has 0 fully saturated rings. The Morgan fingerprint density at radius 1 is 1.03 bits per heavy atom. The molecule has 3 amide bonds. The van der Waals surface area contributed by atoms with Gasteiger partial charge < -0.3 is 43.4 Å². The highest BCUT2D eigenvalue weighted by Crippen LogP contribution is 2.10. The SMILES string of the molecule is CCC(C)C(NC(=O)C(N)CCCN=C(N)N)C(=O)NC(CS)C(=O)NC(CO)C(=O)O. The van der Waals surface area contributed by atoms with Crippen molar-refractivity contribution in [3.63, 3.8) is 0 Å². The quantitative estimate of drug-likeness (QED) is 0.0501. The van der Waals surface area contributed by atoms with E-state index in [1.807, 2.05) is 6.92 Å². The first-order chi connectivity index (χ1) is 15.0. The van der Waals surface area contributed by atoms with Crippen LogP contribution in [0.4, 0.5) is 0 Å². The molecule has 5 atom stereocenters. The van der Waals surface area contributed by atoms with Gasteiger partial charge in [0.15, 0.2) is 5.96 Å². The molecule has 32 heavy (non-hydrogen) atoms. The highest BCUT2D eigenvalue weighted by Gasteiger charge is 2.31. The van der Waals surface area contributed by atoms with Crippen molar-refractivity contribution in [1.29, 1.82) is 0 Å². The van der Waals surface area contributed by atoms with Crippen LogP contribution < -0.4 is 33.2 Å². The zero-order valence-electron chi connectivity index (χ0n) is 18.3. The van der Waals surface area contributed by atoms with Crippen LogP contribution in [0.2, 0.25) is 0 Å². The topological polar surface area (TPSA) is 235 Å². The number of aliphatic hydroxyl groups excluding tert-OH is 1. The molecule has 0 aromatic carbocycles. The van der Waals surface area contributed by atoms with Crippen molar-refractivity contribution in [2.75, 3.05) is 18.9 Å². The van der Waals surface area contributed by atoms with Gasteiger partial charge in [-0.15, -0.1) is 0 Å². The van der Waals surface area contributed by atoms with E-state index in [0.717, 1.165) is 0 Å². The van der Waals surface area contributed by atoms with Crippen LogP contribution in [0.5, 0.6) is 0 Å². The summed E-state index contributed by atoms with van der Waals surface area (Å²) in [5.41, 5.74) is 16.4. The molecule has 0 aromatic heterocycles. The normalized spacial score (nSPS) is 15.4. The fraction of sp³-hybridized carbons (Fsp3) is 0.722. The number of aliphatic carboxylic acids is 1. The Morgan fingerprint density at radius 3 is 2.09 bits per heavy atom. The molecule has 0 saturated heterocycles. The smallest absolute Gasteiger partial charge is 0.328 e. The van der Waals surface area contributed by atoms with E-state index in [-0.39, 0.29) is 24.1 Å². The van der Waals surface area contributed by atoms with E-state index in [4.69, 9.17) is 27.4 Å². The Balaban J connectivity index is 5.12. The van der Waals surface area contributed by atoms with Crippen LogP contribution in [0.15, 0.2) is 4.99 Å². The van der Waals surface area contributed by atoms with Crippen LogP contribution in [0.25, 0.3) is 0 Å². The maximum absolute atomic E-state index is 12.8. The maximum atomic E-state index is 12.8. The molecule has 14 heteroatoms. The molecule has 0 saturated carbocycles. The summed E-state index contributed by atoms with van der Waals surface area (Å²) in [5, 5.41) is 25.2. The van der Waals surface area contributed by atoms with Gasteiger partial charge in [0.25, 0.3) is 0 Å².